The Morgan fingerprint density at radius 3 is 1.03 bits per heavy atom. The molecule has 0 bridgehead atoms. The summed E-state index contributed by atoms with van der Waals surface area (Å²) in [6.07, 6.45) is 2.00. The van der Waals surface area contributed by atoms with Crippen molar-refractivity contribution >= 4 is 26.0 Å². The van der Waals surface area contributed by atoms with Crippen LogP contribution in [0, 0.1) is 51.0 Å². The van der Waals surface area contributed by atoms with Crippen molar-refractivity contribution in [2.75, 3.05) is 32.7 Å². The Morgan fingerprint density at radius 1 is 0.500 bits per heavy atom. The van der Waals surface area contributed by atoms with Gasteiger partial charge in [-0.05, 0) is 157 Å². The van der Waals surface area contributed by atoms with Crippen LogP contribution < -0.4 is 40.4 Å². The number of H-pyrrole nitrogens is 4. The van der Waals surface area contributed by atoms with Gasteiger partial charge in [-0.1, -0.05) is 61.5 Å². The number of nitrogens with zero attached hydrogens (tertiary/aromatic N) is 4. The van der Waals surface area contributed by atoms with Crippen molar-refractivity contribution in [1.29, 1.82) is 0 Å². The molecule has 0 aliphatic carbocycles. The Hall–Kier alpha value is -7.77. The van der Waals surface area contributed by atoms with Crippen LogP contribution in [0.2, 0.25) is 0 Å². The van der Waals surface area contributed by atoms with Gasteiger partial charge < -0.3 is 28.8 Å². The zero-order valence-electron chi connectivity index (χ0n) is 57.1. The molecular weight excluding hydrogens is 1300 g/mol. The van der Waals surface area contributed by atoms with Gasteiger partial charge in [-0.25, -0.2) is 17.6 Å². The van der Waals surface area contributed by atoms with Crippen LogP contribution in [0.4, 0.5) is 17.6 Å². The third-order valence-electron chi connectivity index (χ3n) is 13.6. The second kappa shape index (κ2) is 39.2. The number of aryl methyl sites for hydroxylation is 1. The molecule has 94 heavy (non-hydrogen) atoms. The topological polar surface area (TPSA) is 243 Å². The number of hydrogen-bond donors (Lipinski definition) is 5. The van der Waals surface area contributed by atoms with Gasteiger partial charge in [0.05, 0.1) is 38.8 Å². The van der Waals surface area contributed by atoms with Crippen molar-refractivity contribution < 1.29 is 54.2 Å². The second-order valence-corrected chi connectivity index (χ2v) is 26.2. The van der Waals surface area contributed by atoms with E-state index in [4.69, 9.17) is 28.2 Å². The third-order valence-corrected chi connectivity index (χ3v) is 13.6. The highest BCUT2D eigenvalue weighted by Gasteiger charge is 2.22. The molecule has 0 saturated carbocycles. The van der Waals surface area contributed by atoms with Gasteiger partial charge in [-0.15, -0.1) is 5.10 Å². The number of halogens is 5. The lowest BCUT2D eigenvalue weighted by Gasteiger charge is -2.11. The predicted octanol–water partition coefficient (Wildman–Crippen LogP) is 15.1. The lowest BCUT2D eigenvalue weighted by atomic mass is 10.0. The fourth-order valence-corrected chi connectivity index (χ4v) is 9.30. The molecule has 0 radical (unpaired) electrons. The van der Waals surface area contributed by atoms with Crippen molar-refractivity contribution in [2.24, 2.45) is 0 Å². The first-order valence-corrected chi connectivity index (χ1v) is 33.6. The largest absolute Gasteiger partial charge is 0.494 e. The highest BCUT2D eigenvalue weighted by Crippen LogP contribution is 2.30. The number of nitrogens with one attached hydrogen (secondary N) is 4. The number of rotatable bonds is 21. The maximum Gasteiger partial charge on any atom is 0.267 e. The first-order valence-electron chi connectivity index (χ1n) is 30.9. The Morgan fingerprint density at radius 2 is 0.798 bits per heavy atom. The van der Waals surface area contributed by atoms with Gasteiger partial charge in [-0.2, -0.15) is 8.42 Å². The average molecular weight is 1400 g/mol. The summed E-state index contributed by atoms with van der Waals surface area (Å²) in [5.41, 5.74) is 7.68. The molecule has 25 heteroatoms. The van der Waals surface area contributed by atoms with E-state index in [1.165, 1.54) is 24.3 Å². The normalized spacial score (nSPS) is 10.9. The smallest absolute Gasteiger partial charge is 0.267 e. The molecule has 8 rings (SSSR count). The summed E-state index contributed by atoms with van der Waals surface area (Å²) >= 11 is 3.27. The first-order chi connectivity index (χ1) is 43.5. The minimum Gasteiger partial charge on any atom is -0.494 e. The average Bonchev–Trinajstić information content (AvgIpc) is 1.66. The van der Waals surface area contributed by atoms with Gasteiger partial charge in [0, 0.05) is 118 Å². The van der Waals surface area contributed by atoms with Crippen LogP contribution in [0.3, 0.4) is 0 Å². The molecule has 0 fully saturated rings. The van der Waals surface area contributed by atoms with Crippen LogP contribution in [-0.4, -0.2) is 96.1 Å². The Bertz CT molecular complexity index is 3810. The summed E-state index contributed by atoms with van der Waals surface area (Å²) in [7, 11) is -3.67. The maximum atomic E-state index is 14.4. The Balaban J connectivity index is 0.000000408. The zero-order chi connectivity index (χ0) is 70.2. The lowest BCUT2D eigenvalue weighted by molar-refractivity contribution is 0.227. The summed E-state index contributed by atoms with van der Waals surface area (Å²) in [5.74, 6) is 1.31. The minimum atomic E-state index is -3.67. The van der Waals surface area contributed by atoms with Crippen LogP contribution in [-0.2, 0) is 35.8 Å². The first kappa shape index (κ1) is 82.3. The summed E-state index contributed by atoms with van der Waals surface area (Å²) in [4.78, 5) is 36.2. The number of aromatic amines is 4. The predicted molar refractivity (Wildman–Crippen MR) is 369 cm³/mol. The molecule has 0 atom stereocenters. The molecule has 4 aromatic heterocycles. The van der Waals surface area contributed by atoms with Gasteiger partial charge in [0.2, 0.25) is 5.88 Å². The van der Waals surface area contributed by atoms with E-state index < -0.39 is 10.1 Å². The zero-order valence-corrected chi connectivity index (χ0v) is 59.5. The van der Waals surface area contributed by atoms with Crippen molar-refractivity contribution in [3.8, 4) is 28.9 Å². The molecule has 0 aliphatic rings. The molecule has 4 aromatic carbocycles. The Kier molecular flexibility index (Phi) is 34.3. The molecule has 522 valence electrons. The summed E-state index contributed by atoms with van der Waals surface area (Å²) < 4.78 is 115. The Labute approximate surface area is 559 Å². The highest BCUT2D eigenvalue weighted by atomic mass is 79.9. The van der Waals surface area contributed by atoms with E-state index >= 15 is 0 Å². The summed E-state index contributed by atoms with van der Waals surface area (Å²) in [5, 5.41) is 15.4. The van der Waals surface area contributed by atoms with Gasteiger partial charge in [-0.3, -0.25) is 48.3 Å². The fourth-order valence-electron chi connectivity index (χ4n) is 9.30. The highest BCUT2D eigenvalue weighted by molar-refractivity contribution is 9.09. The molecule has 4 heterocycles. The van der Waals surface area contributed by atoms with E-state index in [0.717, 1.165) is 28.3 Å². The third kappa shape index (κ3) is 26.2. The van der Waals surface area contributed by atoms with Crippen LogP contribution >= 0.6 is 15.9 Å². The van der Waals surface area contributed by atoms with Crippen LogP contribution in [0.15, 0.2) is 87.2 Å². The molecule has 19 nitrogen and oxygen atoms in total. The van der Waals surface area contributed by atoms with Gasteiger partial charge in [0.15, 0.2) is 0 Å². The lowest BCUT2D eigenvalue weighted by Crippen LogP contribution is -2.09. The van der Waals surface area contributed by atoms with E-state index in [1.807, 2.05) is 104 Å². The van der Waals surface area contributed by atoms with Crippen molar-refractivity contribution in [3.63, 3.8) is 0 Å². The number of aromatic nitrogens is 8. The van der Waals surface area contributed by atoms with E-state index in [0.29, 0.717) is 112 Å². The number of alkyl halides is 1. The summed E-state index contributed by atoms with van der Waals surface area (Å²) in [6, 6.07) is 19.8. The molecular formula is C69H99BrF4N8O11S. The van der Waals surface area contributed by atoms with Gasteiger partial charge >= 0.3 is 0 Å². The number of hydrogen-bond acceptors (Lipinski definition) is 11. The van der Waals surface area contributed by atoms with Crippen molar-refractivity contribution in [1.82, 2.24) is 39.5 Å². The molecule has 5 N–H and O–H groups in total. The molecule has 8 aromatic rings. The van der Waals surface area contributed by atoms with E-state index in [2.05, 4.69) is 69.1 Å². The number of ether oxygens (including phenoxy) is 5. The van der Waals surface area contributed by atoms with Crippen molar-refractivity contribution in [3.05, 3.63) is 194 Å². The van der Waals surface area contributed by atoms with E-state index in [9.17, 15) is 40.4 Å². The van der Waals surface area contributed by atoms with Crippen LogP contribution in [0.1, 0.15) is 190 Å². The van der Waals surface area contributed by atoms with Crippen molar-refractivity contribution in [2.45, 2.75) is 187 Å². The molecule has 0 spiro atoms. The number of benzene rings is 4. The molecule has 0 unspecified atom stereocenters. The van der Waals surface area contributed by atoms with E-state index in [1.54, 1.807) is 55.5 Å². The minimum absolute atomic E-state index is 0. The monoisotopic (exact) mass is 1400 g/mol. The molecule has 0 saturated heterocycles. The van der Waals surface area contributed by atoms with Crippen LogP contribution in [0.25, 0.3) is 0 Å². The second-order valence-electron chi connectivity index (χ2n) is 22.9. The SMILES string of the molecule is C.CC(C)Br.CCOc1ccc(Cc2c(C)[nH][nH]c2=O)c(F)c1.CCOc1ccc(Cc2c(C)n(C(C)C)[nH]c2=O)c(F)c1.CCOc1ccc(Cc2c(C)n(C(C)C)[nH]c2=O)c(F)c1.CCOc1ccc(Cc2c(OC(C)C)nn(C(C)C)c2C)c(F)c1.CS(=O)(=O)O. The van der Waals surface area contributed by atoms with Gasteiger partial charge in [0.25, 0.3) is 26.8 Å². The molecule has 0 aliphatic heterocycles. The van der Waals surface area contributed by atoms with E-state index in [-0.39, 0.29) is 90.9 Å². The molecule has 0 amide bonds. The fraction of sp³-hybridized carbons (Fsp3) is 0.478. The van der Waals surface area contributed by atoms with Gasteiger partial charge in [0.1, 0.15) is 46.3 Å². The maximum absolute atomic E-state index is 14.4. The van der Waals surface area contributed by atoms with Crippen LogP contribution in [0.5, 0.6) is 28.9 Å². The standard InChI is InChI=1S/C19H27FN2O2.2C16H21FN2O2.C13H15FN2O2.C3H7Br.CH4O3S.CH4/c1-7-23-16-9-8-15(18(20)11-16)10-17-14(6)22(12(2)3)21-19(17)24-13(4)5;2*1-5-21-13-7-6-12(15(17)9-13)8-14-11(4)19(10(2)3)18-16(14)20;1-3-18-10-5-4-9(12(14)7-10)6-11-8(2)15-16-13(11)17;1-3(2)4;1-5(2,3)4;/h8-9,11-13H,7,10H2,1-6H3;2*6-7,9-10H,5,8H2,1-4H3,(H,18,20);4-5,7H,3,6H2,1-2H3,(H2,15,16,17);3H,1-2H3;1H3,(H,2,3,4);1H4. The quantitative estimate of drug-likeness (QED) is 0.0256. The summed E-state index contributed by atoms with van der Waals surface area (Å²) in [6.45, 7) is 37.2.